The van der Waals surface area contributed by atoms with E-state index in [0.717, 1.165) is 0 Å². The Labute approximate surface area is 106 Å². The van der Waals surface area contributed by atoms with Crippen LogP contribution in [0.4, 0.5) is 0 Å². The van der Waals surface area contributed by atoms with Crippen molar-refractivity contribution in [1.29, 1.82) is 0 Å². The van der Waals surface area contributed by atoms with Crippen LogP contribution in [-0.4, -0.2) is 15.3 Å². The third-order valence-corrected chi connectivity index (χ3v) is 2.64. The van der Waals surface area contributed by atoms with Crippen LogP contribution in [0.25, 0.3) is 0 Å². The van der Waals surface area contributed by atoms with Crippen LogP contribution in [0.3, 0.4) is 0 Å². The summed E-state index contributed by atoms with van der Waals surface area (Å²) >= 11 is 3.21. The molecule has 17 heavy (non-hydrogen) atoms. The molecule has 0 atom stereocenters. The predicted molar refractivity (Wildman–Crippen MR) is 67.0 cm³/mol. The van der Waals surface area contributed by atoms with Gasteiger partial charge in [-0.2, -0.15) is 0 Å². The zero-order chi connectivity index (χ0) is 12.3. The number of aromatic nitrogens is 2. The molecule has 1 heterocycles. The van der Waals surface area contributed by atoms with Crippen molar-refractivity contribution >= 4 is 21.7 Å². The van der Waals surface area contributed by atoms with Crippen molar-refractivity contribution in [2.45, 2.75) is 6.54 Å². The third kappa shape index (κ3) is 2.88. The van der Waals surface area contributed by atoms with Crippen molar-refractivity contribution < 1.29 is 4.79 Å². The highest BCUT2D eigenvalue weighted by Crippen LogP contribution is 2.05. The van der Waals surface area contributed by atoms with E-state index in [2.05, 4.69) is 20.9 Å². The van der Waals surface area contributed by atoms with E-state index in [1.54, 1.807) is 30.5 Å². The second-order valence-corrected chi connectivity index (χ2v) is 4.39. The molecule has 0 amide bonds. The van der Waals surface area contributed by atoms with E-state index < -0.39 is 5.69 Å². The van der Waals surface area contributed by atoms with Gasteiger partial charge in [0.1, 0.15) is 0 Å². The molecule has 1 aromatic heterocycles. The molecule has 0 bridgehead atoms. The summed E-state index contributed by atoms with van der Waals surface area (Å²) in [5, 5.41) is 0. The first kappa shape index (κ1) is 11.7. The number of halogens is 1. The molecule has 1 aromatic carbocycles. The van der Waals surface area contributed by atoms with Gasteiger partial charge in [0, 0.05) is 18.0 Å². The first-order valence-electron chi connectivity index (χ1n) is 4.97. The Hall–Kier alpha value is -1.75. The van der Waals surface area contributed by atoms with Crippen LogP contribution >= 0.6 is 15.9 Å². The summed E-state index contributed by atoms with van der Waals surface area (Å²) in [6, 6.07) is 8.85. The van der Waals surface area contributed by atoms with Gasteiger partial charge < -0.3 is 0 Å². The van der Waals surface area contributed by atoms with Crippen molar-refractivity contribution in [3.05, 3.63) is 63.2 Å². The second kappa shape index (κ2) is 5.05. The van der Waals surface area contributed by atoms with E-state index in [-0.39, 0.29) is 12.3 Å². The van der Waals surface area contributed by atoms with Crippen LogP contribution < -0.4 is 5.69 Å². The molecule has 86 valence electrons. The Balaban J connectivity index is 2.25. The van der Waals surface area contributed by atoms with E-state index in [1.807, 2.05) is 6.07 Å². The number of carbonyl (C=O) groups excluding carboxylic acids is 1. The number of benzene rings is 1. The van der Waals surface area contributed by atoms with Gasteiger partial charge in [-0.15, -0.1) is 0 Å². The Bertz CT molecular complexity index is 593. The fraction of sp³-hybridized carbons (Fsp3) is 0.0833. The standard InChI is InChI=1S/C12H9BrN2O2/c13-10-6-14-12(17)15(7-10)8-11(16)9-4-2-1-3-5-9/h1-7H,8H2. The van der Waals surface area contributed by atoms with Crippen molar-refractivity contribution in [2.24, 2.45) is 0 Å². The van der Waals surface area contributed by atoms with Gasteiger partial charge in [0.2, 0.25) is 0 Å². The summed E-state index contributed by atoms with van der Waals surface area (Å²) in [6.45, 7) is -0.00468. The summed E-state index contributed by atoms with van der Waals surface area (Å²) in [6.07, 6.45) is 2.96. The first-order chi connectivity index (χ1) is 8.16. The monoisotopic (exact) mass is 292 g/mol. The number of Topliss-reactive ketones (excluding diaryl/α,β-unsaturated/α-hetero) is 1. The average Bonchev–Trinajstić information content (AvgIpc) is 2.35. The lowest BCUT2D eigenvalue weighted by molar-refractivity contribution is 0.0970. The van der Waals surface area contributed by atoms with Crippen LogP contribution in [-0.2, 0) is 6.54 Å². The highest BCUT2D eigenvalue weighted by molar-refractivity contribution is 9.10. The highest BCUT2D eigenvalue weighted by Gasteiger charge is 2.07. The Morgan fingerprint density at radius 2 is 2.00 bits per heavy atom. The van der Waals surface area contributed by atoms with Gasteiger partial charge in [0.05, 0.1) is 11.0 Å². The normalized spacial score (nSPS) is 10.2. The maximum Gasteiger partial charge on any atom is 0.347 e. The van der Waals surface area contributed by atoms with Gasteiger partial charge in [0.15, 0.2) is 5.78 Å². The minimum absolute atomic E-state index is 0.00468. The number of carbonyl (C=O) groups is 1. The maximum atomic E-state index is 11.9. The molecule has 0 saturated heterocycles. The quantitative estimate of drug-likeness (QED) is 0.812. The molecule has 2 rings (SSSR count). The zero-order valence-corrected chi connectivity index (χ0v) is 10.4. The molecule has 0 radical (unpaired) electrons. The van der Waals surface area contributed by atoms with Gasteiger partial charge >= 0.3 is 5.69 Å². The number of rotatable bonds is 3. The fourth-order valence-corrected chi connectivity index (χ4v) is 1.76. The van der Waals surface area contributed by atoms with Gasteiger partial charge in [-0.1, -0.05) is 30.3 Å². The topological polar surface area (TPSA) is 52.0 Å². The molecular formula is C12H9BrN2O2. The molecule has 2 aromatic rings. The van der Waals surface area contributed by atoms with Crippen LogP contribution in [0.15, 0.2) is 52.0 Å². The summed E-state index contributed by atoms with van der Waals surface area (Å²) in [4.78, 5) is 26.9. The van der Waals surface area contributed by atoms with E-state index in [4.69, 9.17) is 0 Å². The van der Waals surface area contributed by atoms with Gasteiger partial charge in [-0.3, -0.25) is 9.36 Å². The van der Waals surface area contributed by atoms with E-state index in [9.17, 15) is 9.59 Å². The molecule has 0 fully saturated rings. The van der Waals surface area contributed by atoms with E-state index in [1.165, 1.54) is 10.8 Å². The molecule has 0 aliphatic rings. The first-order valence-corrected chi connectivity index (χ1v) is 5.76. The molecule has 5 heteroatoms. The van der Waals surface area contributed by atoms with Crippen molar-refractivity contribution in [1.82, 2.24) is 9.55 Å². The summed E-state index contributed by atoms with van der Waals surface area (Å²) in [5.74, 6) is -0.118. The number of ketones is 1. The number of nitrogens with zero attached hydrogens (tertiary/aromatic N) is 2. The van der Waals surface area contributed by atoms with Crippen LogP contribution in [0.1, 0.15) is 10.4 Å². The third-order valence-electron chi connectivity index (χ3n) is 2.23. The molecule has 4 nitrogen and oxygen atoms in total. The average molecular weight is 293 g/mol. The van der Waals surface area contributed by atoms with Crippen LogP contribution in [0.2, 0.25) is 0 Å². The van der Waals surface area contributed by atoms with Gasteiger partial charge in [-0.05, 0) is 15.9 Å². The lowest BCUT2D eigenvalue weighted by atomic mass is 10.1. The highest BCUT2D eigenvalue weighted by atomic mass is 79.9. The predicted octanol–water partition coefficient (Wildman–Crippen LogP) is 1.89. The zero-order valence-electron chi connectivity index (χ0n) is 8.84. The Kier molecular flexibility index (Phi) is 3.49. The molecular weight excluding hydrogens is 284 g/mol. The SMILES string of the molecule is O=C(Cn1cc(Br)cnc1=O)c1ccccc1. The van der Waals surface area contributed by atoms with Crippen LogP contribution in [0, 0.1) is 0 Å². The molecule has 0 unspecified atom stereocenters. The Morgan fingerprint density at radius 3 is 2.71 bits per heavy atom. The molecule has 0 spiro atoms. The smallest absolute Gasteiger partial charge is 0.292 e. The molecule has 0 aliphatic heterocycles. The molecule has 0 N–H and O–H groups in total. The van der Waals surface area contributed by atoms with E-state index in [0.29, 0.717) is 10.0 Å². The van der Waals surface area contributed by atoms with E-state index >= 15 is 0 Å². The summed E-state index contributed by atoms with van der Waals surface area (Å²) < 4.78 is 1.94. The number of hydrogen-bond acceptors (Lipinski definition) is 3. The lowest BCUT2D eigenvalue weighted by Crippen LogP contribution is -2.25. The molecule has 0 saturated carbocycles. The minimum atomic E-state index is -0.433. The minimum Gasteiger partial charge on any atom is -0.292 e. The van der Waals surface area contributed by atoms with Crippen molar-refractivity contribution in [3.8, 4) is 0 Å². The van der Waals surface area contributed by atoms with Gasteiger partial charge in [-0.25, -0.2) is 9.78 Å². The largest absolute Gasteiger partial charge is 0.347 e. The summed E-state index contributed by atoms with van der Waals surface area (Å²) in [5.41, 5.74) is 0.150. The van der Waals surface area contributed by atoms with Crippen molar-refractivity contribution in [3.63, 3.8) is 0 Å². The maximum absolute atomic E-state index is 11.9. The number of hydrogen-bond donors (Lipinski definition) is 0. The second-order valence-electron chi connectivity index (χ2n) is 3.47. The molecule has 0 aliphatic carbocycles. The summed E-state index contributed by atoms with van der Waals surface area (Å²) in [7, 11) is 0. The fourth-order valence-electron chi connectivity index (χ4n) is 1.41. The van der Waals surface area contributed by atoms with Crippen molar-refractivity contribution in [2.75, 3.05) is 0 Å². The Morgan fingerprint density at radius 1 is 1.29 bits per heavy atom. The van der Waals surface area contributed by atoms with Crippen LogP contribution in [0.5, 0.6) is 0 Å². The van der Waals surface area contributed by atoms with Gasteiger partial charge in [0.25, 0.3) is 0 Å². The lowest BCUT2D eigenvalue weighted by Gasteiger charge is -2.04.